The molecule has 0 aromatic heterocycles. The van der Waals surface area contributed by atoms with Crippen LogP contribution < -0.4 is 0 Å². The van der Waals surface area contributed by atoms with Gasteiger partial charge in [-0.3, -0.25) is 0 Å². The fourth-order valence-corrected chi connectivity index (χ4v) is 5.44. The quantitative estimate of drug-likeness (QED) is 0.384. The van der Waals surface area contributed by atoms with Gasteiger partial charge < -0.3 is 4.74 Å². The van der Waals surface area contributed by atoms with Gasteiger partial charge in [0.15, 0.2) is 0 Å². The lowest BCUT2D eigenvalue weighted by molar-refractivity contribution is 0.147. The maximum Gasteiger partial charge on any atom is 0.0493 e. The van der Waals surface area contributed by atoms with E-state index in [0.29, 0.717) is 10.8 Å². The molecule has 0 heterocycles. The summed E-state index contributed by atoms with van der Waals surface area (Å²) in [6, 6.07) is 5.00. The molecule has 0 saturated heterocycles. The molecule has 1 aromatic rings. The molecule has 1 aromatic carbocycles. The summed E-state index contributed by atoms with van der Waals surface area (Å²) in [5.74, 6) is 0.792. The molecule has 3 aliphatic carbocycles. The molecule has 35 heavy (non-hydrogen) atoms. The number of allylic oxidation sites excluding steroid dienone is 7. The van der Waals surface area contributed by atoms with Crippen molar-refractivity contribution >= 4 is 0 Å². The SMILES string of the molecule is C=C(C)C1=CC=C(Cc2cc3c(cc2C)C(C)(C)CCC3(C)C)C1.CC.COCC1CC=CCC1. The molecule has 1 atom stereocenters. The Hall–Kier alpha value is -1.86. The van der Waals surface area contributed by atoms with Crippen LogP contribution in [0.4, 0.5) is 0 Å². The fourth-order valence-electron chi connectivity index (χ4n) is 5.44. The first-order chi connectivity index (χ1) is 16.5. The Labute approximate surface area is 217 Å². The van der Waals surface area contributed by atoms with E-state index in [1.54, 1.807) is 18.2 Å². The monoisotopic (exact) mass is 476 g/mol. The number of aryl methyl sites for hydroxylation is 1. The molecule has 0 bridgehead atoms. The van der Waals surface area contributed by atoms with Crippen molar-refractivity contribution in [3.63, 3.8) is 0 Å². The van der Waals surface area contributed by atoms with Crippen LogP contribution in [0, 0.1) is 12.8 Å². The van der Waals surface area contributed by atoms with Gasteiger partial charge in [0, 0.05) is 13.7 Å². The number of hydrogen-bond acceptors (Lipinski definition) is 1. The molecule has 0 saturated carbocycles. The van der Waals surface area contributed by atoms with Crippen LogP contribution >= 0.6 is 0 Å². The van der Waals surface area contributed by atoms with Crippen LogP contribution in [0.3, 0.4) is 0 Å². The molecule has 1 unspecified atom stereocenters. The minimum Gasteiger partial charge on any atom is -0.384 e. The number of hydrogen-bond donors (Lipinski definition) is 0. The first-order valence-electron chi connectivity index (χ1n) is 13.9. The van der Waals surface area contributed by atoms with Crippen molar-refractivity contribution in [2.45, 2.75) is 111 Å². The van der Waals surface area contributed by atoms with E-state index in [2.05, 4.69) is 84.6 Å². The van der Waals surface area contributed by atoms with Gasteiger partial charge in [-0.1, -0.05) is 95.7 Å². The van der Waals surface area contributed by atoms with E-state index in [0.717, 1.165) is 25.4 Å². The zero-order valence-electron chi connectivity index (χ0n) is 24.3. The Balaban J connectivity index is 0.000000329. The maximum absolute atomic E-state index is 5.05. The van der Waals surface area contributed by atoms with Gasteiger partial charge in [-0.2, -0.15) is 0 Å². The van der Waals surface area contributed by atoms with Gasteiger partial charge in [0.05, 0.1) is 0 Å². The zero-order chi connectivity index (χ0) is 26.2. The highest BCUT2D eigenvalue weighted by Crippen LogP contribution is 2.46. The molecule has 0 spiro atoms. The first kappa shape index (κ1) is 29.4. The summed E-state index contributed by atoms with van der Waals surface area (Å²) in [6.45, 7) is 23.1. The Kier molecular flexibility index (Phi) is 10.8. The third-order valence-corrected chi connectivity index (χ3v) is 7.99. The van der Waals surface area contributed by atoms with Gasteiger partial charge in [0.25, 0.3) is 0 Å². The molecule has 3 aliphatic rings. The van der Waals surface area contributed by atoms with Gasteiger partial charge in [0.2, 0.25) is 0 Å². The van der Waals surface area contributed by atoms with Crippen LogP contribution in [0.15, 0.2) is 59.7 Å². The largest absolute Gasteiger partial charge is 0.384 e. The first-order valence-corrected chi connectivity index (χ1v) is 13.9. The molecule has 4 rings (SSSR count). The van der Waals surface area contributed by atoms with E-state index in [4.69, 9.17) is 4.74 Å². The van der Waals surface area contributed by atoms with Gasteiger partial charge in [-0.25, -0.2) is 0 Å². The van der Waals surface area contributed by atoms with Crippen LogP contribution in [0.1, 0.15) is 109 Å². The lowest BCUT2D eigenvalue weighted by Gasteiger charge is -2.42. The molecule has 0 fully saturated rings. The number of ether oxygens (including phenoxy) is 1. The van der Waals surface area contributed by atoms with Crippen LogP contribution in [0.2, 0.25) is 0 Å². The van der Waals surface area contributed by atoms with Crippen molar-refractivity contribution < 1.29 is 4.74 Å². The van der Waals surface area contributed by atoms with E-state index in [9.17, 15) is 0 Å². The predicted octanol–water partition coefficient (Wildman–Crippen LogP) is 9.73. The lowest BCUT2D eigenvalue weighted by atomic mass is 9.62. The Bertz CT molecular complexity index is 951. The second kappa shape index (κ2) is 12.9. The summed E-state index contributed by atoms with van der Waals surface area (Å²) in [7, 11) is 1.78. The van der Waals surface area contributed by atoms with Gasteiger partial charge in [-0.05, 0) is 103 Å². The molecule has 1 heteroatoms. The van der Waals surface area contributed by atoms with Gasteiger partial charge >= 0.3 is 0 Å². The second-order valence-corrected chi connectivity index (χ2v) is 11.8. The molecule has 0 radical (unpaired) electrons. The highest BCUT2D eigenvalue weighted by molar-refractivity contribution is 5.49. The van der Waals surface area contributed by atoms with E-state index in [1.165, 1.54) is 60.0 Å². The average molecular weight is 477 g/mol. The Morgan fingerprint density at radius 1 is 1.00 bits per heavy atom. The summed E-state index contributed by atoms with van der Waals surface area (Å²) in [5.41, 5.74) is 10.8. The van der Waals surface area contributed by atoms with Crippen LogP contribution in [-0.4, -0.2) is 13.7 Å². The maximum atomic E-state index is 5.05. The van der Waals surface area contributed by atoms with Crippen molar-refractivity contribution in [1.82, 2.24) is 0 Å². The second-order valence-electron chi connectivity index (χ2n) is 11.8. The van der Waals surface area contributed by atoms with E-state index in [-0.39, 0.29) is 0 Å². The average Bonchev–Trinajstić information content (AvgIpc) is 3.30. The highest BCUT2D eigenvalue weighted by Gasteiger charge is 2.37. The smallest absolute Gasteiger partial charge is 0.0493 e. The fraction of sp³-hybridized carbons (Fsp3) is 0.588. The van der Waals surface area contributed by atoms with E-state index >= 15 is 0 Å². The van der Waals surface area contributed by atoms with Crippen molar-refractivity contribution in [2.75, 3.05) is 13.7 Å². The number of fused-ring (bicyclic) bond motifs is 1. The Morgan fingerprint density at radius 2 is 1.63 bits per heavy atom. The van der Waals surface area contributed by atoms with Crippen molar-refractivity contribution in [1.29, 1.82) is 0 Å². The number of rotatable bonds is 5. The summed E-state index contributed by atoms with van der Waals surface area (Å²) < 4.78 is 5.05. The molecular weight excluding hydrogens is 424 g/mol. The molecule has 0 amide bonds. The molecule has 0 aliphatic heterocycles. The van der Waals surface area contributed by atoms with Crippen LogP contribution in [0.5, 0.6) is 0 Å². The predicted molar refractivity (Wildman–Crippen MR) is 155 cm³/mol. The molecule has 0 N–H and O–H groups in total. The minimum absolute atomic E-state index is 0.290. The third kappa shape index (κ3) is 7.81. The van der Waals surface area contributed by atoms with E-state index in [1.807, 2.05) is 13.8 Å². The van der Waals surface area contributed by atoms with Gasteiger partial charge in [-0.15, -0.1) is 0 Å². The Morgan fingerprint density at radius 3 is 2.14 bits per heavy atom. The lowest BCUT2D eigenvalue weighted by Crippen LogP contribution is -2.34. The summed E-state index contributed by atoms with van der Waals surface area (Å²) >= 11 is 0. The normalized spacial score (nSPS) is 21.5. The number of methoxy groups -OCH3 is 1. The highest BCUT2D eigenvalue weighted by atomic mass is 16.5. The van der Waals surface area contributed by atoms with Crippen molar-refractivity contribution in [3.8, 4) is 0 Å². The van der Waals surface area contributed by atoms with Crippen molar-refractivity contribution in [2.24, 2.45) is 5.92 Å². The summed E-state index contributed by atoms with van der Waals surface area (Å²) in [5, 5.41) is 0. The van der Waals surface area contributed by atoms with E-state index < -0.39 is 0 Å². The molecular formula is C34H52O. The van der Waals surface area contributed by atoms with Crippen molar-refractivity contribution in [3.05, 3.63) is 82.0 Å². The standard InChI is InChI=1S/C24H32.C8H14O.C2H6/c1-16(2)19-9-8-18(13-19)14-20-15-22-21(12-17(20)3)23(4,5)10-11-24(22,6)7;1-9-7-8-5-3-2-4-6-8;1-2/h8-9,12,15H,1,10-11,13-14H2,2-7H3;2-3,8H,4-7H2,1H3;1-2H3. The topological polar surface area (TPSA) is 9.23 Å². The molecule has 1 nitrogen and oxygen atoms in total. The van der Waals surface area contributed by atoms with Crippen LogP contribution in [0.25, 0.3) is 0 Å². The molecule has 194 valence electrons. The summed E-state index contributed by atoms with van der Waals surface area (Å²) in [6.07, 6.45) is 17.5. The van der Waals surface area contributed by atoms with Gasteiger partial charge in [0.1, 0.15) is 0 Å². The van der Waals surface area contributed by atoms with Crippen LogP contribution in [-0.2, 0) is 22.0 Å². The minimum atomic E-state index is 0.290. The third-order valence-electron chi connectivity index (χ3n) is 7.99. The number of benzene rings is 1. The zero-order valence-corrected chi connectivity index (χ0v) is 24.3. The summed E-state index contributed by atoms with van der Waals surface area (Å²) in [4.78, 5) is 0.